The van der Waals surface area contributed by atoms with Crippen LogP contribution in [0.2, 0.25) is 0 Å². The first kappa shape index (κ1) is 37.6. The minimum absolute atomic E-state index is 0.00711. The summed E-state index contributed by atoms with van der Waals surface area (Å²) in [4.78, 5) is 13.4. The van der Waals surface area contributed by atoms with Crippen molar-refractivity contribution in [3.8, 4) is 0 Å². The van der Waals surface area contributed by atoms with Gasteiger partial charge in [0.05, 0.1) is 37.4 Å². The third kappa shape index (κ3) is 6.08. The molecule has 2 saturated carbocycles. The molecule has 3 aliphatic carbocycles. The van der Waals surface area contributed by atoms with Gasteiger partial charge in [-0.05, 0) is 90.8 Å². The predicted molar refractivity (Wildman–Crippen MR) is 188 cm³/mol. The summed E-state index contributed by atoms with van der Waals surface area (Å²) in [6, 6.07) is 0.00711. The second kappa shape index (κ2) is 13.6. The van der Waals surface area contributed by atoms with Gasteiger partial charge >= 0.3 is 5.97 Å². The van der Waals surface area contributed by atoms with Crippen molar-refractivity contribution in [1.29, 1.82) is 0 Å². The number of hydrogen-bond donors (Lipinski definition) is 4. The number of aliphatic carboxylic acids is 1. The molecule has 1 aliphatic heterocycles. The number of carboxylic acid groups (broad SMARTS) is 1. The summed E-state index contributed by atoms with van der Waals surface area (Å²) in [6.07, 6.45) is 11.0. The van der Waals surface area contributed by atoms with E-state index in [0.29, 0.717) is 43.5 Å². The molecule has 0 spiro atoms. The van der Waals surface area contributed by atoms with Gasteiger partial charge in [-0.1, -0.05) is 87.0 Å². The molecular formula is C39H69N3O4. The van der Waals surface area contributed by atoms with Crippen molar-refractivity contribution < 1.29 is 19.4 Å². The zero-order chi connectivity index (χ0) is 34.5. The summed E-state index contributed by atoms with van der Waals surface area (Å²) in [5, 5.41) is 11.0. The van der Waals surface area contributed by atoms with Gasteiger partial charge in [-0.3, -0.25) is 16.1 Å². The third-order valence-corrected chi connectivity index (χ3v) is 15.1. The maximum Gasteiger partial charge on any atom is 0.307 e. The zero-order valence-electron chi connectivity index (χ0n) is 31.0. The van der Waals surface area contributed by atoms with Crippen LogP contribution in [0.1, 0.15) is 114 Å². The molecule has 3 fully saturated rings. The van der Waals surface area contributed by atoms with Gasteiger partial charge in [0.25, 0.3) is 0 Å². The van der Waals surface area contributed by atoms with E-state index in [1.165, 1.54) is 5.57 Å². The summed E-state index contributed by atoms with van der Waals surface area (Å²) < 4.78 is 13.5. The van der Waals surface area contributed by atoms with Crippen molar-refractivity contribution in [1.82, 2.24) is 5.43 Å². The van der Waals surface area contributed by atoms with Crippen LogP contribution in [0.15, 0.2) is 24.3 Å². The van der Waals surface area contributed by atoms with Crippen LogP contribution in [0.3, 0.4) is 0 Å². The lowest BCUT2D eigenvalue weighted by Gasteiger charge is -2.66. The molecule has 1 unspecified atom stereocenters. The Morgan fingerprint density at radius 1 is 1.13 bits per heavy atom. The lowest BCUT2D eigenvalue weighted by atomic mass is 9.37. The molecule has 6 N–H and O–H groups in total. The Morgan fingerprint density at radius 3 is 2.35 bits per heavy atom. The predicted octanol–water partition coefficient (Wildman–Crippen LogP) is 7.36. The van der Waals surface area contributed by atoms with Gasteiger partial charge in [0.1, 0.15) is 0 Å². The minimum atomic E-state index is -0.627. The Bertz CT molecular complexity index is 1140. The summed E-state index contributed by atoms with van der Waals surface area (Å²) in [7, 11) is 0. The quantitative estimate of drug-likeness (QED) is 0.118. The lowest BCUT2D eigenvalue weighted by Crippen LogP contribution is -2.63. The smallest absolute Gasteiger partial charge is 0.307 e. The third-order valence-electron chi connectivity index (χ3n) is 15.1. The van der Waals surface area contributed by atoms with E-state index in [-0.39, 0.29) is 45.6 Å². The monoisotopic (exact) mass is 644 g/mol. The zero-order valence-corrected chi connectivity index (χ0v) is 31.0. The molecule has 46 heavy (non-hydrogen) atoms. The molecule has 0 aromatic heterocycles. The Balaban J connectivity index is 1.71. The molecule has 4 rings (SSSR count). The second-order valence-electron chi connectivity index (χ2n) is 17.9. The maximum atomic E-state index is 13.4. The summed E-state index contributed by atoms with van der Waals surface area (Å²) in [5.41, 5.74) is 9.75. The van der Waals surface area contributed by atoms with E-state index in [0.717, 1.165) is 44.9 Å². The highest BCUT2D eigenvalue weighted by atomic mass is 16.5. The van der Waals surface area contributed by atoms with Gasteiger partial charge in [-0.25, -0.2) is 0 Å². The van der Waals surface area contributed by atoms with Crippen LogP contribution in [-0.2, 0) is 14.3 Å². The van der Waals surface area contributed by atoms with Crippen molar-refractivity contribution >= 4 is 5.97 Å². The van der Waals surface area contributed by atoms with E-state index >= 15 is 0 Å². The van der Waals surface area contributed by atoms with E-state index in [1.54, 1.807) is 0 Å². The first-order valence-electron chi connectivity index (χ1n) is 18.4. The molecule has 0 aromatic rings. The normalized spacial score (nSPS) is 43.8. The number of fused-ring (bicyclic) bond motifs is 4. The van der Waals surface area contributed by atoms with Crippen LogP contribution >= 0.6 is 0 Å². The molecule has 7 nitrogen and oxygen atoms in total. The second-order valence-corrected chi connectivity index (χ2v) is 17.9. The highest BCUT2D eigenvalue weighted by Crippen LogP contribution is 2.70. The topological polar surface area (TPSA) is 120 Å². The lowest BCUT2D eigenvalue weighted by molar-refractivity contribution is -0.193. The fraction of sp³-hybridized carbons (Fsp3) is 0.872. The first-order chi connectivity index (χ1) is 21.4. The first-order valence-corrected chi connectivity index (χ1v) is 18.4. The number of allylic oxidation sites excluding steroid dienone is 1. The number of ether oxygens (including phenoxy) is 2. The molecule has 0 amide bonds. The number of rotatable bonds is 9. The maximum absolute atomic E-state index is 13.4. The van der Waals surface area contributed by atoms with Crippen molar-refractivity contribution in [2.45, 2.75) is 132 Å². The Hall–Kier alpha value is -1.25. The van der Waals surface area contributed by atoms with Gasteiger partial charge < -0.3 is 20.3 Å². The minimum Gasteiger partial charge on any atom is -0.481 e. The van der Waals surface area contributed by atoms with Gasteiger partial charge in [0.2, 0.25) is 0 Å². The van der Waals surface area contributed by atoms with Gasteiger partial charge in [0.15, 0.2) is 0 Å². The molecule has 1 heterocycles. The standard InChI is InChI=1S/C39H69N3O4/c1-12-39(40,25(4)5)23-46-33-31(42-41)16-14-28-13-15-30-29(26(6)21-45-22-36(28,33)9)17-18-38(11)32(34(43)44)35(8,27(7)24(2)3)19-20-37(30,38)10/h12,17,24-28,30-33,42H,1,13-16,18-23,40-41H2,2-11H3,(H,43,44)/t26-,27+,28+,30-,31?,32+,33-,35+,36-,37+,38-,39-/m0/s1. The Labute approximate surface area is 281 Å². The number of carbonyl (C=O) groups is 1. The highest BCUT2D eigenvalue weighted by molar-refractivity contribution is 5.73. The largest absolute Gasteiger partial charge is 0.481 e. The summed E-state index contributed by atoms with van der Waals surface area (Å²) in [5.74, 6) is 7.06. The Kier molecular flexibility index (Phi) is 11.1. The van der Waals surface area contributed by atoms with E-state index < -0.39 is 17.4 Å². The molecule has 7 heteroatoms. The van der Waals surface area contributed by atoms with Crippen molar-refractivity contribution in [3.05, 3.63) is 24.3 Å². The molecular weight excluding hydrogens is 574 g/mol. The number of hydrazine groups is 1. The van der Waals surface area contributed by atoms with E-state index in [4.69, 9.17) is 21.1 Å². The molecule has 0 aromatic carbocycles. The highest BCUT2D eigenvalue weighted by Gasteiger charge is 2.66. The van der Waals surface area contributed by atoms with Gasteiger partial charge in [-0.2, -0.15) is 0 Å². The number of carboxylic acids is 1. The SMILES string of the molecule is C=C[C@](N)(CO[C@H]1C(NN)CC[C@H]2CC[C@H]3C(=CC[C@@]4(C)[C@H](C(=O)O)[C@@](C)([C@H](C)C(C)C)CC[C@]34C)[C@@H](C)COC[C@@]21C)C(C)C. The molecule has 264 valence electrons. The van der Waals surface area contributed by atoms with Crippen molar-refractivity contribution in [2.75, 3.05) is 19.8 Å². The van der Waals surface area contributed by atoms with Crippen LogP contribution in [0.4, 0.5) is 0 Å². The Morgan fingerprint density at radius 2 is 1.78 bits per heavy atom. The molecule has 1 saturated heterocycles. The molecule has 0 bridgehead atoms. The number of hydrogen-bond acceptors (Lipinski definition) is 6. The average molecular weight is 644 g/mol. The fourth-order valence-electron chi connectivity index (χ4n) is 10.9. The summed E-state index contributed by atoms with van der Waals surface area (Å²) >= 11 is 0. The summed E-state index contributed by atoms with van der Waals surface area (Å²) in [6.45, 7) is 28.4. The molecule has 0 radical (unpaired) electrons. The fourth-order valence-corrected chi connectivity index (χ4v) is 10.9. The van der Waals surface area contributed by atoms with E-state index in [9.17, 15) is 9.90 Å². The number of nitrogens with two attached hydrogens (primary N) is 2. The molecule has 12 atom stereocenters. The van der Waals surface area contributed by atoms with Crippen LogP contribution < -0.4 is 17.0 Å². The van der Waals surface area contributed by atoms with Crippen LogP contribution in [-0.4, -0.2) is 48.6 Å². The average Bonchev–Trinajstić information content (AvgIpc) is 2.99. The number of nitrogens with one attached hydrogen (secondary N) is 1. The van der Waals surface area contributed by atoms with Crippen molar-refractivity contribution in [3.63, 3.8) is 0 Å². The molecule has 4 aliphatic rings. The van der Waals surface area contributed by atoms with E-state index in [2.05, 4.69) is 87.3 Å². The van der Waals surface area contributed by atoms with E-state index in [1.807, 2.05) is 6.08 Å². The van der Waals surface area contributed by atoms with Crippen LogP contribution in [0.25, 0.3) is 0 Å². The van der Waals surface area contributed by atoms with Gasteiger partial charge in [0, 0.05) is 17.4 Å². The van der Waals surface area contributed by atoms with Crippen LogP contribution in [0.5, 0.6) is 0 Å². The van der Waals surface area contributed by atoms with Crippen LogP contribution in [0, 0.1) is 63.1 Å². The van der Waals surface area contributed by atoms with Crippen molar-refractivity contribution in [2.24, 2.45) is 74.7 Å². The van der Waals surface area contributed by atoms with Gasteiger partial charge in [-0.15, -0.1) is 6.58 Å².